The van der Waals surface area contributed by atoms with Crippen LogP contribution in [0.3, 0.4) is 0 Å². The molecule has 0 aliphatic rings. The highest BCUT2D eigenvalue weighted by Gasteiger charge is 2.06. The Morgan fingerprint density at radius 3 is 2.26 bits per heavy atom. The van der Waals surface area contributed by atoms with E-state index in [0.29, 0.717) is 17.1 Å². The fourth-order valence-electron chi connectivity index (χ4n) is 1.62. The van der Waals surface area contributed by atoms with Crippen molar-refractivity contribution < 1.29 is 28.8 Å². The molecule has 0 aliphatic carbocycles. The zero-order valence-corrected chi connectivity index (χ0v) is 14.9. The highest BCUT2D eigenvalue weighted by atomic mass is 17.2. The third-order valence-electron chi connectivity index (χ3n) is 2.62. The molecule has 0 heterocycles. The van der Waals surface area contributed by atoms with Gasteiger partial charge in [0.05, 0.1) is 0 Å². The minimum atomic E-state index is -0.629. The van der Waals surface area contributed by atoms with E-state index in [1.165, 1.54) is 0 Å². The minimum Gasteiger partial charge on any atom is -0.447 e. The summed E-state index contributed by atoms with van der Waals surface area (Å²) in [6, 6.07) is 9.05. The predicted molar refractivity (Wildman–Crippen MR) is 96.5 cm³/mol. The molecule has 0 unspecified atom stereocenters. The lowest BCUT2D eigenvalue weighted by molar-refractivity contribution is -0.290. The highest BCUT2D eigenvalue weighted by Crippen LogP contribution is 2.23. The molecule has 5 N–H and O–H groups in total. The molecule has 0 saturated carbocycles. The number of rotatable bonds is 10. The Morgan fingerprint density at radius 2 is 1.70 bits per heavy atom. The van der Waals surface area contributed by atoms with Crippen molar-refractivity contribution in [2.45, 2.75) is 13.5 Å². The van der Waals surface area contributed by atoms with Gasteiger partial charge in [0.15, 0.2) is 0 Å². The van der Waals surface area contributed by atoms with Gasteiger partial charge in [-0.25, -0.2) is 14.6 Å². The SMILES string of the molecule is C=C(C)COOCCOC(=O)NCc1cc(OC#CN)cc(OC#CN)c1. The average Bonchev–Trinajstić information content (AvgIpc) is 2.65. The van der Waals surface area contributed by atoms with Gasteiger partial charge in [-0.3, -0.25) is 0 Å². The fourth-order valence-corrected chi connectivity index (χ4v) is 1.62. The molecule has 9 heteroatoms. The summed E-state index contributed by atoms with van der Waals surface area (Å²) < 4.78 is 15.2. The lowest BCUT2D eigenvalue weighted by Crippen LogP contribution is -2.25. The summed E-state index contributed by atoms with van der Waals surface area (Å²) in [7, 11) is 0. The van der Waals surface area contributed by atoms with E-state index in [1.54, 1.807) is 25.1 Å². The summed E-state index contributed by atoms with van der Waals surface area (Å²) in [6.07, 6.45) is 3.89. The molecule has 144 valence electrons. The monoisotopic (exact) mass is 375 g/mol. The first kappa shape index (κ1) is 21.5. The number of carbonyl (C=O) groups excluding carboxylic acids is 1. The van der Waals surface area contributed by atoms with Gasteiger partial charge in [0.1, 0.15) is 43.5 Å². The summed E-state index contributed by atoms with van der Waals surface area (Å²) in [5, 5.41) is 2.57. The van der Waals surface area contributed by atoms with Crippen molar-refractivity contribution in [2.24, 2.45) is 11.5 Å². The number of hydrogen-bond donors (Lipinski definition) is 3. The van der Waals surface area contributed by atoms with E-state index < -0.39 is 6.09 Å². The predicted octanol–water partition coefficient (Wildman–Crippen LogP) is 0.949. The molecule has 0 atom stereocenters. The van der Waals surface area contributed by atoms with Gasteiger partial charge in [-0.1, -0.05) is 12.2 Å². The topological polar surface area (TPSA) is 127 Å². The van der Waals surface area contributed by atoms with Gasteiger partial charge in [0.2, 0.25) is 0 Å². The van der Waals surface area contributed by atoms with Crippen molar-refractivity contribution in [2.75, 3.05) is 19.8 Å². The number of carbonyl (C=O) groups is 1. The van der Waals surface area contributed by atoms with Crippen molar-refractivity contribution in [1.82, 2.24) is 5.32 Å². The van der Waals surface area contributed by atoms with Crippen molar-refractivity contribution >= 4 is 6.09 Å². The number of nitrogens with one attached hydrogen (secondary N) is 1. The third-order valence-corrected chi connectivity index (χ3v) is 2.62. The largest absolute Gasteiger partial charge is 0.447 e. The quantitative estimate of drug-likeness (QED) is 0.138. The van der Waals surface area contributed by atoms with Crippen LogP contribution in [0.25, 0.3) is 0 Å². The summed E-state index contributed by atoms with van der Waals surface area (Å²) >= 11 is 0. The van der Waals surface area contributed by atoms with E-state index >= 15 is 0 Å². The summed E-state index contributed by atoms with van der Waals surface area (Å²) in [5.74, 6) is 0.718. The molecule has 9 nitrogen and oxygen atoms in total. The minimum absolute atomic E-state index is 0.0255. The lowest BCUT2D eigenvalue weighted by atomic mass is 10.2. The average molecular weight is 375 g/mol. The van der Waals surface area contributed by atoms with Crippen LogP contribution >= 0.6 is 0 Å². The first-order valence-electron chi connectivity index (χ1n) is 7.73. The van der Waals surface area contributed by atoms with Gasteiger partial charge < -0.3 is 31.0 Å². The second-order valence-corrected chi connectivity index (χ2v) is 5.04. The molecule has 1 amide bonds. The van der Waals surface area contributed by atoms with E-state index in [-0.39, 0.29) is 26.4 Å². The van der Waals surface area contributed by atoms with Crippen LogP contribution in [0.5, 0.6) is 11.5 Å². The van der Waals surface area contributed by atoms with Gasteiger partial charge in [0, 0.05) is 24.7 Å². The fraction of sp³-hybridized carbons (Fsp3) is 0.278. The standard InChI is InChI=1S/C18H21N3O6/c1-14(2)13-27-26-8-7-25-18(22)21-12-15-9-16(23-5-3-19)11-17(10-15)24-6-4-20/h9-11H,1,7-8,12-13,19-20H2,2H3,(H,21,22). The van der Waals surface area contributed by atoms with Gasteiger partial charge in [0.25, 0.3) is 0 Å². The molecule has 1 aromatic carbocycles. The number of alkyl carbamates (subject to hydrolysis) is 1. The van der Waals surface area contributed by atoms with Gasteiger partial charge in [-0.05, 0) is 24.6 Å². The van der Waals surface area contributed by atoms with E-state index in [4.69, 9.17) is 35.5 Å². The Kier molecular flexibility index (Phi) is 10.2. The van der Waals surface area contributed by atoms with Crippen molar-refractivity contribution in [3.8, 4) is 35.8 Å². The molecule has 0 aromatic heterocycles. The maximum Gasteiger partial charge on any atom is 0.407 e. The summed E-state index contributed by atoms with van der Waals surface area (Å²) in [5.41, 5.74) is 11.6. The van der Waals surface area contributed by atoms with Crippen LogP contribution in [0.15, 0.2) is 30.4 Å². The molecule has 27 heavy (non-hydrogen) atoms. The van der Waals surface area contributed by atoms with Crippen LogP contribution in [0.2, 0.25) is 0 Å². The highest BCUT2D eigenvalue weighted by molar-refractivity contribution is 5.67. The maximum atomic E-state index is 11.7. The molecule has 0 saturated heterocycles. The van der Waals surface area contributed by atoms with Crippen LogP contribution in [0.1, 0.15) is 12.5 Å². The smallest absolute Gasteiger partial charge is 0.407 e. The number of ether oxygens (including phenoxy) is 3. The van der Waals surface area contributed by atoms with Gasteiger partial charge in [-0.15, -0.1) is 0 Å². The van der Waals surface area contributed by atoms with E-state index in [0.717, 1.165) is 5.57 Å². The molecule has 0 radical (unpaired) electrons. The molecule has 1 rings (SSSR count). The number of amides is 1. The van der Waals surface area contributed by atoms with Crippen LogP contribution in [0.4, 0.5) is 4.79 Å². The molecule has 0 bridgehead atoms. The van der Waals surface area contributed by atoms with Crippen LogP contribution in [0, 0.1) is 24.3 Å². The number of benzene rings is 1. The Bertz CT molecular complexity index is 718. The van der Waals surface area contributed by atoms with Gasteiger partial charge >= 0.3 is 6.09 Å². The summed E-state index contributed by atoms with van der Waals surface area (Å²) in [4.78, 5) is 21.3. The van der Waals surface area contributed by atoms with Crippen molar-refractivity contribution in [3.63, 3.8) is 0 Å². The molecule has 0 fully saturated rings. The molecule has 1 aromatic rings. The Labute approximate surface area is 157 Å². The zero-order valence-electron chi connectivity index (χ0n) is 14.9. The van der Waals surface area contributed by atoms with Crippen LogP contribution < -0.4 is 26.3 Å². The normalized spacial score (nSPS) is 9.07. The molecular formula is C18H21N3O6. The Balaban J connectivity index is 2.48. The zero-order chi connectivity index (χ0) is 19.9. The number of nitrogens with two attached hydrogens (primary N) is 2. The molecule has 0 spiro atoms. The Morgan fingerprint density at radius 1 is 1.07 bits per heavy atom. The lowest BCUT2D eigenvalue weighted by Gasteiger charge is -2.09. The second-order valence-electron chi connectivity index (χ2n) is 5.04. The van der Waals surface area contributed by atoms with Crippen LogP contribution in [-0.4, -0.2) is 25.9 Å². The first-order valence-corrected chi connectivity index (χ1v) is 7.73. The van der Waals surface area contributed by atoms with Gasteiger partial charge in [-0.2, -0.15) is 0 Å². The van der Waals surface area contributed by atoms with E-state index in [1.807, 2.05) is 0 Å². The third kappa shape index (κ3) is 10.1. The molecular weight excluding hydrogens is 354 g/mol. The van der Waals surface area contributed by atoms with Crippen LogP contribution in [-0.2, 0) is 21.1 Å². The maximum absolute atomic E-state index is 11.7. The molecule has 0 aliphatic heterocycles. The summed E-state index contributed by atoms with van der Waals surface area (Å²) in [6.45, 7) is 6.00. The van der Waals surface area contributed by atoms with E-state index in [2.05, 4.69) is 36.2 Å². The Hall–Kier alpha value is -3.53. The number of hydrogen-bond acceptors (Lipinski definition) is 8. The first-order chi connectivity index (χ1) is 13.0. The van der Waals surface area contributed by atoms with Crippen molar-refractivity contribution in [3.05, 3.63) is 35.9 Å². The van der Waals surface area contributed by atoms with E-state index in [9.17, 15) is 4.79 Å². The van der Waals surface area contributed by atoms with Crippen molar-refractivity contribution in [1.29, 1.82) is 0 Å². The second kappa shape index (κ2) is 12.8.